The standard InChI is InChI=1S/C22H38N4O/c1-18(2)8-12-25-13-15-26(16-14-25)22(9-11-24-21(3,4)17-22)20(27)19-7-5-6-10-23-19/h5-7,10,18,20,24,27H,8-9,11-17H2,1-4H3. The van der Waals surface area contributed by atoms with Crippen LogP contribution in [0.2, 0.25) is 0 Å². The molecule has 1 aromatic rings. The Labute approximate surface area is 165 Å². The van der Waals surface area contributed by atoms with Crippen LogP contribution in [0.3, 0.4) is 0 Å². The molecule has 2 aliphatic rings. The van der Waals surface area contributed by atoms with Crippen LogP contribution >= 0.6 is 0 Å². The Hall–Kier alpha value is -1.01. The van der Waals surface area contributed by atoms with Gasteiger partial charge < -0.3 is 15.3 Å². The SMILES string of the molecule is CC(C)CCN1CCN(C2(C(O)c3ccccn3)CCNC(C)(C)C2)CC1. The molecule has 0 bridgehead atoms. The summed E-state index contributed by atoms with van der Waals surface area (Å²) < 4.78 is 0. The summed E-state index contributed by atoms with van der Waals surface area (Å²) in [7, 11) is 0. The van der Waals surface area contributed by atoms with Gasteiger partial charge in [0.1, 0.15) is 6.10 Å². The van der Waals surface area contributed by atoms with Gasteiger partial charge in [0.05, 0.1) is 11.2 Å². The maximum absolute atomic E-state index is 11.5. The molecule has 152 valence electrons. The lowest BCUT2D eigenvalue weighted by Gasteiger charge is -2.55. The number of piperazine rings is 1. The van der Waals surface area contributed by atoms with Crippen LogP contribution in [-0.2, 0) is 0 Å². The normalized spacial score (nSPS) is 28.4. The Balaban J connectivity index is 1.77. The van der Waals surface area contributed by atoms with Crippen molar-refractivity contribution in [1.82, 2.24) is 20.1 Å². The smallest absolute Gasteiger partial charge is 0.114 e. The van der Waals surface area contributed by atoms with E-state index < -0.39 is 6.10 Å². The summed E-state index contributed by atoms with van der Waals surface area (Å²) in [5.74, 6) is 0.755. The highest BCUT2D eigenvalue weighted by molar-refractivity contribution is 5.17. The molecule has 1 aromatic heterocycles. The van der Waals surface area contributed by atoms with E-state index in [1.54, 1.807) is 6.20 Å². The first-order valence-electron chi connectivity index (χ1n) is 10.6. The molecule has 0 aromatic carbocycles. The van der Waals surface area contributed by atoms with Crippen LogP contribution < -0.4 is 5.32 Å². The van der Waals surface area contributed by atoms with Crippen molar-refractivity contribution in [3.05, 3.63) is 30.1 Å². The molecular formula is C22H38N4O. The van der Waals surface area contributed by atoms with Crippen molar-refractivity contribution in [3.8, 4) is 0 Å². The first-order chi connectivity index (χ1) is 12.8. The molecule has 2 unspecified atom stereocenters. The van der Waals surface area contributed by atoms with Gasteiger partial charge in [0.2, 0.25) is 0 Å². The van der Waals surface area contributed by atoms with Crippen LogP contribution in [0, 0.1) is 5.92 Å². The van der Waals surface area contributed by atoms with Gasteiger partial charge in [-0.25, -0.2) is 0 Å². The lowest BCUT2D eigenvalue weighted by Crippen LogP contribution is -2.66. The third kappa shape index (κ3) is 4.89. The molecule has 5 heteroatoms. The number of nitrogens with zero attached hydrogens (tertiary/aromatic N) is 3. The van der Waals surface area contributed by atoms with Crippen LogP contribution in [0.25, 0.3) is 0 Å². The van der Waals surface area contributed by atoms with E-state index in [0.717, 1.165) is 57.2 Å². The van der Waals surface area contributed by atoms with E-state index in [9.17, 15) is 5.11 Å². The first-order valence-corrected chi connectivity index (χ1v) is 10.6. The third-order valence-electron chi connectivity index (χ3n) is 6.41. The zero-order chi connectivity index (χ0) is 19.5. The number of piperidine rings is 1. The second kappa shape index (κ2) is 8.56. The minimum absolute atomic E-state index is 0.0167. The summed E-state index contributed by atoms with van der Waals surface area (Å²) in [6.07, 6.45) is 4.40. The summed E-state index contributed by atoms with van der Waals surface area (Å²) >= 11 is 0. The minimum atomic E-state index is -0.553. The molecule has 2 N–H and O–H groups in total. The Morgan fingerprint density at radius 3 is 2.52 bits per heavy atom. The Morgan fingerprint density at radius 1 is 1.19 bits per heavy atom. The molecule has 2 fully saturated rings. The zero-order valence-electron chi connectivity index (χ0n) is 17.6. The molecule has 0 aliphatic carbocycles. The predicted molar refractivity (Wildman–Crippen MR) is 111 cm³/mol. The van der Waals surface area contributed by atoms with Crippen molar-refractivity contribution >= 4 is 0 Å². The fourth-order valence-corrected chi connectivity index (χ4v) is 4.88. The van der Waals surface area contributed by atoms with Crippen LogP contribution in [-0.4, -0.2) is 70.2 Å². The first kappa shape index (κ1) is 20.7. The minimum Gasteiger partial charge on any atom is -0.385 e. The highest BCUT2D eigenvalue weighted by Crippen LogP contribution is 2.42. The van der Waals surface area contributed by atoms with E-state index in [1.807, 2.05) is 18.2 Å². The number of aliphatic hydroxyl groups is 1. The second-order valence-corrected chi connectivity index (χ2v) is 9.51. The summed E-state index contributed by atoms with van der Waals surface area (Å²) in [4.78, 5) is 9.65. The molecule has 3 rings (SSSR count). The van der Waals surface area contributed by atoms with Gasteiger partial charge in [-0.05, 0) is 64.3 Å². The van der Waals surface area contributed by atoms with Gasteiger partial charge >= 0.3 is 0 Å². The maximum Gasteiger partial charge on any atom is 0.114 e. The van der Waals surface area contributed by atoms with Gasteiger partial charge in [-0.15, -0.1) is 0 Å². The molecule has 0 radical (unpaired) electrons. The van der Waals surface area contributed by atoms with Gasteiger partial charge in [0.15, 0.2) is 0 Å². The van der Waals surface area contributed by atoms with Gasteiger partial charge in [0.25, 0.3) is 0 Å². The van der Waals surface area contributed by atoms with E-state index in [4.69, 9.17) is 0 Å². The topological polar surface area (TPSA) is 51.6 Å². The van der Waals surface area contributed by atoms with Crippen molar-refractivity contribution < 1.29 is 5.11 Å². The lowest BCUT2D eigenvalue weighted by molar-refractivity contribution is -0.0901. The Bertz CT molecular complexity index is 583. The summed E-state index contributed by atoms with van der Waals surface area (Å²) in [6, 6.07) is 5.87. The fraction of sp³-hybridized carbons (Fsp3) is 0.773. The number of hydrogen-bond acceptors (Lipinski definition) is 5. The molecule has 0 spiro atoms. The fourth-order valence-electron chi connectivity index (χ4n) is 4.88. The second-order valence-electron chi connectivity index (χ2n) is 9.51. The van der Waals surface area contributed by atoms with Gasteiger partial charge in [-0.3, -0.25) is 9.88 Å². The highest BCUT2D eigenvalue weighted by atomic mass is 16.3. The van der Waals surface area contributed by atoms with E-state index in [-0.39, 0.29) is 11.1 Å². The average Bonchev–Trinajstić information content (AvgIpc) is 2.66. The molecule has 5 nitrogen and oxygen atoms in total. The molecular weight excluding hydrogens is 336 g/mol. The van der Waals surface area contributed by atoms with Gasteiger partial charge in [-0.2, -0.15) is 0 Å². The molecule has 3 heterocycles. The quantitative estimate of drug-likeness (QED) is 0.802. The van der Waals surface area contributed by atoms with Gasteiger partial charge in [0, 0.05) is 37.9 Å². The maximum atomic E-state index is 11.5. The van der Waals surface area contributed by atoms with Crippen LogP contribution in [0.4, 0.5) is 0 Å². The highest BCUT2D eigenvalue weighted by Gasteiger charge is 2.50. The predicted octanol–water partition coefficient (Wildman–Crippen LogP) is 2.68. The van der Waals surface area contributed by atoms with Gasteiger partial charge in [-0.1, -0.05) is 19.9 Å². The monoisotopic (exact) mass is 374 g/mol. The van der Waals surface area contributed by atoms with Crippen molar-refractivity contribution in [1.29, 1.82) is 0 Å². The number of nitrogens with one attached hydrogen (secondary N) is 1. The molecule has 0 amide bonds. The van der Waals surface area contributed by atoms with E-state index in [1.165, 1.54) is 13.0 Å². The molecule has 0 saturated carbocycles. The van der Waals surface area contributed by atoms with Crippen molar-refractivity contribution in [3.63, 3.8) is 0 Å². The number of hydrogen-bond donors (Lipinski definition) is 2. The lowest BCUT2D eigenvalue weighted by atomic mass is 9.72. The largest absolute Gasteiger partial charge is 0.385 e. The summed E-state index contributed by atoms with van der Waals surface area (Å²) in [5.41, 5.74) is 0.577. The average molecular weight is 375 g/mol. The molecule has 2 saturated heterocycles. The van der Waals surface area contributed by atoms with Crippen molar-refractivity contribution in [2.75, 3.05) is 39.3 Å². The molecule has 2 aliphatic heterocycles. The molecule has 27 heavy (non-hydrogen) atoms. The number of aromatic nitrogens is 1. The number of aliphatic hydroxyl groups excluding tert-OH is 1. The van der Waals surface area contributed by atoms with Crippen LogP contribution in [0.5, 0.6) is 0 Å². The van der Waals surface area contributed by atoms with Crippen molar-refractivity contribution in [2.45, 2.75) is 64.1 Å². The van der Waals surface area contributed by atoms with Crippen molar-refractivity contribution in [2.24, 2.45) is 5.92 Å². The van der Waals surface area contributed by atoms with Crippen LogP contribution in [0.1, 0.15) is 58.8 Å². The van der Waals surface area contributed by atoms with E-state index in [0.29, 0.717) is 0 Å². The van der Waals surface area contributed by atoms with Crippen LogP contribution in [0.15, 0.2) is 24.4 Å². The third-order valence-corrected chi connectivity index (χ3v) is 6.41. The Morgan fingerprint density at radius 2 is 1.93 bits per heavy atom. The van der Waals surface area contributed by atoms with E-state index >= 15 is 0 Å². The van der Waals surface area contributed by atoms with E-state index in [2.05, 4.69) is 47.8 Å². The Kier molecular flexibility index (Phi) is 6.57. The molecule has 2 atom stereocenters. The number of pyridine rings is 1. The summed E-state index contributed by atoms with van der Waals surface area (Å²) in [5, 5.41) is 15.1. The number of rotatable bonds is 6. The zero-order valence-corrected chi connectivity index (χ0v) is 17.6. The summed E-state index contributed by atoms with van der Waals surface area (Å²) in [6.45, 7) is 15.5.